The minimum atomic E-state index is -0.457. The van der Waals surface area contributed by atoms with Gasteiger partial charge in [-0.05, 0) is 13.3 Å². The van der Waals surface area contributed by atoms with Crippen LogP contribution in [0.1, 0.15) is 13.3 Å². The highest BCUT2D eigenvalue weighted by atomic mass is 19.1. The SMILES string of the molecule is C[C@H](O)CCNc1ncc(F)cn1. The van der Waals surface area contributed by atoms with Gasteiger partial charge in [0.15, 0.2) is 5.82 Å². The topological polar surface area (TPSA) is 58.0 Å². The number of rotatable bonds is 4. The van der Waals surface area contributed by atoms with Gasteiger partial charge in [0.25, 0.3) is 0 Å². The van der Waals surface area contributed by atoms with E-state index in [-0.39, 0.29) is 6.10 Å². The maximum atomic E-state index is 12.3. The maximum Gasteiger partial charge on any atom is 0.222 e. The molecule has 1 atom stereocenters. The minimum Gasteiger partial charge on any atom is -0.393 e. The summed E-state index contributed by atoms with van der Waals surface area (Å²) in [4.78, 5) is 7.39. The number of aromatic nitrogens is 2. The molecule has 0 aromatic carbocycles. The van der Waals surface area contributed by atoms with Gasteiger partial charge < -0.3 is 10.4 Å². The van der Waals surface area contributed by atoms with Gasteiger partial charge in [0.2, 0.25) is 5.95 Å². The number of hydrogen-bond acceptors (Lipinski definition) is 4. The van der Waals surface area contributed by atoms with Gasteiger partial charge >= 0.3 is 0 Å². The zero-order valence-corrected chi connectivity index (χ0v) is 7.37. The molecule has 1 heterocycles. The molecule has 0 aliphatic rings. The summed E-state index contributed by atoms with van der Waals surface area (Å²) < 4.78 is 12.3. The number of anilines is 1. The lowest BCUT2D eigenvalue weighted by Gasteiger charge is -2.05. The van der Waals surface area contributed by atoms with E-state index >= 15 is 0 Å². The molecule has 0 spiro atoms. The molecule has 1 rings (SSSR count). The number of halogens is 1. The quantitative estimate of drug-likeness (QED) is 0.728. The van der Waals surface area contributed by atoms with Crippen LogP contribution in [0.25, 0.3) is 0 Å². The molecule has 13 heavy (non-hydrogen) atoms. The van der Waals surface area contributed by atoms with Crippen LogP contribution in [0.15, 0.2) is 12.4 Å². The van der Waals surface area contributed by atoms with Gasteiger partial charge in [0.1, 0.15) is 0 Å². The third kappa shape index (κ3) is 3.80. The monoisotopic (exact) mass is 185 g/mol. The lowest BCUT2D eigenvalue weighted by molar-refractivity contribution is 0.188. The van der Waals surface area contributed by atoms with E-state index in [0.29, 0.717) is 18.9 Å². The molecule has 2 N–H and O–H groups in total. The molecule has 0 aliphatic heterocycles. The predicted octanol–water partition coefficient (Wildman–Crippen LogP) is 0.798. The Hall–Kier alpha value is -1.23. The van der Waals surface area contributed by atoms with Crippen LogP contribution in [-0.4, -0.2) is 27.7 Å². The lowest BCUT2D eigenvalue weighted by Crippen LogP contribution is -2.11. The summed E-state index contributed by atoms with van der Waals surface area (Å²) >= 11 is 0. The van der Waals surface area contributed by atoms with Crippen LogP contribution in [-0.2, 0) is 0 Å². The average Bonchev–Trinajstić information content (AvgIpc) is 2.08. The maximum absolute atomic E-state index is 12.3. The van der Waals surface area contributed by atoms with Crippen LogP contribution in [0.4, 0.5) is 10.3 Å². The van der Waals surface area contributed by atoms with E-state index in [1.807, 2.05) is 0 Å². The summed E-state index contributed by atoms with van der Waals surface area (Å²) in [6.45, 7) is 2.27. The summed E-state index contributed by atoms with van der Waals surface area (Å²) in [6.07, 6.45) is 2.45. The number of hydrogen-bond donors (Lipinski definition) is 2. The number of nitrogens with zero attached hydrogens (tertiary/aromatic N) is 2. The van der Waals surface area contributed by atoms with E-state index in [9.17, 15) is 4.39 Å². The molecule has 5 heteroatoms. The van der Waals surface area contributed by atoms with Gasteiger partial charge in [-0.3, -0.25) is 0 Å². The van der Waals surface area contributed by atoms with Crippen LogP contribution >= 0.6 is 0 Å². The van der Waals surface area contributed by atoms with Crippen molar-refractivity contribution in [2.75, 3.05) is 11.9 Å². The zero-order chi connectivity index (χ0) is 9.68. The van der Waals surface area contributed by atoms with Crippen LogP contribution in [0.2, 0.25) is 0 Å². The van der Waals surface area contributed by atoms with Gasteiger partial charge in [0, 0.05) is 6.54 Å². The van der Waals surface area contributed by atoms with E-state index in [4.69, 9.17) is 5.11 Å². The van der Waals surface area contributed by atoms with Crippen molar-refractivity contribution in [3.63, 3.8) is 0 Å². The summed E-state index contributed by atoms with van der Waals surface area (Å²) in [5, 5.41) is 11.8. The Morgan fingerprint density at radius 1 is 1.54 bits per heavy atom. The van der Waals surface area contributed by atoms with E-state index < -0.39 is 5.82 Å². The summed E-state index contributed by atoms with van der Waals surface area (Å²) in [5.74, 6) is -0.0804. The largest absolute Gasteiger partial charge is 0.393 e. The van der Waals surface area contributed by atoms with Crippen molar-refractivity contribution in [1.29, 1.82) is 0 Å². The molecular formula is C8H12FN3O. The van der Waals surface area contributed by atoms with Gasteiger partial charge in [-0.2, -0.15) is 0 Å². The highest BCUT2D eigenvalue weighted by Crippen LogP contribution is 1.98. The molecule has 0 bridgehead atoms. The van der Waals surface area contributed by atoms with Crippen LogP contribution in [0.5, 0.6) is 0 Å². The van der Waals surface area contributed by atoms with Crippen molar-refractivity contribution in [3.05, 3.63) is 18.2 Å². The number of aliphatic hydroxyl groups excluding tert-OH is 1. The third-order valence-electron chi connectivity index (χ3n) is 1.47. The van der Waals surface area contributed by atoms with Gasteiger partial charge in [0.05, 0.1) is 18.5 Å². The Labute approximate surface area is 75.8 Å². The molecular weight excluding hydrogens is 173 g/mol. The highest BCUT2D eigenvalue weighted by molar-refractivity contribution is 5.21. The van der Waals surface area contributed by atoms with Crippen LogP contribution in [0.3, 0.4) is 0 Å². The van der Waals surface area contributed by atoms with E-state index in [1.165, 1.54) is 0 Å². The second-order valence-electron chi connectivity index (χ2n) is 2.79. The molecule has 0 saturated carbocycles. The molecule has 1 aromatic rings. The minimum absolute atomic E-state index is 0.354. The molecule has 4 nitrogen and oxygen atoms in total. The lowest BCUT2D eigenvalue weighted by atomic mass is 10.3. The van der Waals surface area contributed by atoms with Crippen molar-refractivity contribution in [1.82, 2.24) is 9.97 Å². The molecule has 0 unspecified atom stereocenters. The second-order valence-corrected chi connectivity index (χ2v) is 2.79. The van der Waals surface area contributed by atoms with E-state index in [0.717, 1.165) is 12.4 Å². The first-order valence-corrected chi connectivity index (χ1v) is 4.08. The molecule has 1 aromatic heterocycles. The highest BCUT2D eigenvalue weighted by Gasteiger charge is 1.97. The van der Waals surface area contributed by atoms with Gasteiger partial charge in [-0.15, -0.1) is 0 Å². The number of aliphatic hydroxyl groups is 1. The Morgan fingerprint density at radius 2 is 2.15 bits per heavy atom. The fourth-order valence-corrected chi connectivity index (χ4v) is 0.796. The van der Waals surface area contributed by atoms with Crippen LogP contribution < -0.4 is 5.32 Å². The van der Waals surface area contributed by atoms with Crippen molar-refractivity contribution in [2.24, 2.45) is 0 Å². The Bertz CT molecular complexity index is 250. The molecule has 72 valence electrons. The second kappa shape index (κ2) is 4.71. The first kappa shape index (κ1) is 9.85. The van der Waals surface area contributed by atoms with Crippen LogP contribution in [0, 0.1) is 5.82 Å². The molecule has 0 fully saturated rings. The summed E-state index contributed by atoms with van der Waals surface area (Å²) in [5.41, 5.74) is 0. The Kier molecular flexibility index (Phi) is 3.57. The summed E-state index contributed by atoms with van der Waals surface area (Å²) in [7, 11) is 0. The van der Waals surface area contributed by atoms with Crippen molar-refractivity contribution in [2.45, 2.75) is 19.4 Å². The summed E-state index contributed by atoms with van der Waals surface area (Å²) in [6, 6.07) is 0. The Balaban J connectivity index is 2.33. The molecule has 0 radical (unpaired) electrons. The fourth-order valence-electron chi connectivity index (χ4n) is 0.796. The van der Waals surface area contributed by atoms with Gasteiger partial charge in [-0.1, -0.05) is 0 Å². The Morgan fingerprint density at radius 3 is 2.69 bits per heavy atom. The first-order chi connectivity index (χ1) is 6.18. The standard InChI is InChI=1S/C8H12FN3O/c1-6(13)2-3-10-8-11-4-7(9)5-12-8/h4-6,13H,2-3H2,1H3,(H,10,11,12)/t6-/m0/s1. The molecule has 0 aliphatic carbocycles. The third-order valence-corrected chi connectivity index (χ3v) is 1.47. The van der Waals surface area contributed by atoms with Crippen molar-refractivity contribution < 1.29 is 9.50 Å². The average molecular weight is 185 g/mol. The van der Waals surface area contributed by atoms with Crippen molar-refractivity contribution >= 4 is 5.95 Å². The zero-order valence-electron chi connectivity index (χ0n) is 7.37. The van der Waals surface area contributed by atoms with E-state index in [1.54, 1.807) is 6.92 Å². The first-order valence-electron chi connectivity index (χ1n) is 4.08. The van der Waals surface area contributed by atoms with Gasteiger partial charge in [-0.25, -0.2) is 14.4 Å². The molecule has 0 saturated heterocycles. The van der Waals surface area contributed by atoms with E-state index in [2.05, 4.69) is 15.3 Å². The molecule has 0 amide bonds. The fraction of sp³-hybridized carbons (Fsp3) is 0.500. The van der Waals surface area contributed by atoms with Crippen molar-refractivity contribution in [3.8, 4) is 0 Å². The smallest absolute Gasteiger partial charge is 0.222 e. The number of nitrogens with one attached hydrogen (secondary N) is 1. The predicted molar refractivity (Wildman–Crippen MR) is 46.8 cm³/mol. The normalized spacial score (nSPS) is 12.5.